The summed E-state index contributed by atoms with van der Waals surface area (Å²) in [7, 11) is 1.82. The predicted molar refractivity (Wildman–Crippen MR) is 136 cm³/mol. The van der Waals surface area contributed by atoms with Crippen LogP contribution in [0.5, 0.6) is 0 Å². The van der Waals surface area contributed by atoms with Crippen LogP contribution in [0.25, 0.3) is 5.69 Å². The van der Waals surface area contributed by atoms with Crippen LogP contribution in [0.1, 0.15) is 33.7 Å². The number of aryl methyl sites for hydroxylation is 1. The van der Waals surface area contributed by atoms with Gasteiger partial charge >= 0.3 is 6.18 Å². The maximum atomic E-state index is 14.2. The molecule has 4 aromatic rings. The van der Waals surface area contributed by atoms with Gasteiger partial charge in [-0.05, 0) is 85.2 Å². The first kappa shape index (κ1) is 25.8. The number of alkyl halides is 3. The van der Waals surface area contributed by atoms with E-state index in [4.69, 9.17) is 0 Å². The normalized spacial score (nSPS) is 21.4. The molecule has 2 atom stereocenters. The molecule has 202 valence electrons. The maximum Gasteiger partial charge on any atom is 0.416 e. The molecule has 39 heavy (non-hydrogen) atoms. The van der Waals surface area contributed by atoms with Crippen molar-refractivity contribution in [2.24, 2.45) is 18.4 Å². The molecule has 1 aromatic carbocycles. The van der Waals surface area contributed by atoms with Crippen LogP contribution in [0.15, 0.2) is 66.1 Å². The van der Waals surface area contributed by atoms with Crippen molar-refractivity contribution in [2.75, 3.05) is 13.1 Å². The molecule has 1 fully saturated rings. The van der Waals surface area contributed by atoms with Crippen molar-refractivity contribution >= 4 is 17.7 Å². The summed E-state index contributed by atoms with van der Waals surface area (Å²) in [5.41, 5.74) is 0.400. The minimum Gasteiger partial charge on any atom is -0.292 e. The second kappa shape index (κ2) is 9.60. The Hall–Kier alpha value is -3.51. The van der Waals surface area contributed by atoms with E-state index in [0.717, 1.165) is 34.6 Å². The Balaban J connectivity index is 1.39. The van der Waals surface area contributed by atoms with Gasteiger partial charge in [-0.1, -0.05) is 0 Å². The number of fused-ring (bicyclic) bond motifs is 2. The molecule has 7 nitrogen and oxygen atoms in total. The fourth-order valence-electron chi connectivity index (χ4n) is 5.72. The lowest BCUT2D eigenvalue weighted by Crippen LogP contribution is -2.55. The molecule has 1 aliphatic carbocycles. The van der Waals surface area contributed by atoms with E-state index in [9.17, 15) is 22.4 Å². The van der Waals surface area contributed by atoms with Gasteiger partial charge in [0.2, 0.25) is 0 Å². The van der Waals surface area contributed by atoms with E-state index in [1.807, 2.05) is 19.3 Å². The fourth-order valence-corrected chi connectivity index (χ4v) is 6.77. The summed E-state index contributed by atoms with van der Waals surface area (Å²) in [6.45, 7) is 1.01. The third-order valence-electron chi connectivity index (χ3n) is 7.62. The number of hydrogen-bond donors (Lipinski definition) is 0. The molecule has 2 aliphatic rings. The molecule has 1 saturated heterocycles. The number of halogens is 4. The van der Waals surface area contributed by atoms with Crippen LogP contribution < -0.4 is 0 Å². The molecule has 0 saturated carbocycles. The van der Waals surface area contributed by atoms with Crippen molar-refractivity contribution in [1.29, 1.82) is 0 Å². The SMILES string of the molecule is Cn1ccc(SN2CCC3Cc4c(cnn4-c4ccc(F)cc4)CC3(C(=O)c3cc(C(F)(F)F)ccn3)C2)n1. The largest absolute Gasteiger partial charge is 0.416 e. The third-order valence-corrected chi connectivity index (χ3v) is 8.60. The number of benzene rings is 1. The molecular weight excluding hydrogens is 532 g/mol. The minimum atomic E-state index is -4.58. The quantitative estimate of drug-likeness (QED) is 0.192. The molecular formula is C27H24F4N6OS. The Morgan fingerprint density at radius 3 is 2.67 bits per heavy atom. The molecule has 0 radical (unpaired) electrons. The number of pyridine rings is 1. The number of piperidine rings is 1. The molecule has 4 heterocycles. The summed E-state index contributed by atoms with van der Waals surface area (Å²) in [5, 5.41) is 9.74. The second-order valence-corrected chi connectivity index (χ2v) is 11.2. The summed E-state index contributed by atoms with van der Waals surface area (Å²) in [4.78, 5) is 18.3. The van der Waals surface area contributed by atoms with Gasteiger partial charge in [-0.25, -0.2) is 13.4 Å². The summed E-state index contributed by atoms with van der Waals surface area (Å²) in [6.07, 6.45) is 1.47. The molecule has 0 amide bonds. The van der Waals surface area contributed by atoms with Crippen LogP contribution in [0.4, 0.5) is 17.6 Å². The average Bonchev–Trinajstić information content (AvgIpc) is 3.52. The maximum absolute atomic E-state index is 14.2. The Bertz CT molecular complexity index is 1530. The van der Waals surface area contributed by atoms with Crippen molar-refractivity contribution in [1.82, 2.24) is 28.9 Å². The first-order valence-corrected chi connectivity index (χ1v) is 13.2. The second-order valence-electron chi connectivity index (χ2n) is 10.1. The zero-order valence-corrected chi connectivity index (χ0v) is 21.7. The first-order valence-electron chi connectivity index (χ1n) is 12.4. The van der Waals surface area contributed by atoms with Gasteiger partial charge in [-0.3, -0.25) is 14.5 Å². The van der Waals surface area contributed by atoms with Crippen molar-refractivity contribution in [3.05, 3.63) is 89.4 Å². The minimum absolute atomic E-state index is 0.148. The van der Waals surface area contributed by atoms with Gasteiger partial charge in [-0.2, -0.15) is 23.4 Å². The number of carbonyl (C=O) groups is 1. The van der Waals surface area contributed by atoms with E-state index in [1.165, 1.54) is 24.1 Å². The van der Waals surface area contributed by atoms with E-state index in [0.29, 0.717) is 38.0 Å². The summed E-state index contributed by atoms with van der Waals surface area (Å²) < 4.78 is 59.6. The van der Waals surface area contributed by atoms with Crippen molar-refractivity contribution in [3.8, 4) is 5.69 Å². The number of carbonyl (C=O) groups excluding carboxylic acids is 1. The van der Waals surface area contributed by atoms with Crippen molar-refractivity contribution in [3.63, 3.8) is 0 Å². The summed E-state index contributed by atoms with van der Waals surface area (Å²) in [5.74, 6) is -0.897. The van der Waals surface area contributed by atoms with Crippen molar-refractivity contribution < 1.29 is 22.4 Å². The fraction of sp³-hybridized carbons (Fsp3) is 0.333. The summed E-state index contributed by atoms with van der Waals surface area (Å²) >= 11 is 1.44. The smallest absolute Gasteiger partial charge is 0.292 e. The Labute approximate surface area is 226 Å². The van der Waals surface area contributed by atoms with E-state index in [1.54, 1.807) is 27.7 Å². The molecule has 6 rings (SSSR count). The van der Waals surface area contributed by atoms with Gasteiger partial charge in [0.25, 0.3) is 0 Å². The highest BCUT2D eigenvalue weighted by atomic mass is 32.2. The van der Waals surface area contributed by atoms with Gasteiger partial charge in [-0.15, -0.1) is 0 Å². The van der Waals surface area contributed by atoms with Gasteiger partial charge in [0.1, 0.15) is 16.5 Å². The van der Waals surface area contributed by atoms with Crippen LogP contribution in [0.3, 0.4) is 0 Å². The zero-order valence-electron chi connectivity index (χ0n) is 20.9. The zero-order chi connectivity index (χ0) is 27.4. The van der Waals surface area contributed by atoms with E-state index >= 15 is 0 Å². The lowest BCUT2D eigenvalue weighted by Gasteiger charge is -2.49. The molecule has 0 spiro atoms. The van der Waals surface area contributed by atoms with Crippen LogP contribution in [-0.2, 0) is 26.1 Å². The monoisotopic (exact) mass is 556 g/mol. The molecule has 2 unspecified atom stereocenters. The topological polar surface area (TPSA) is 68.8 Å². The number of Topliss-reactive ketones (excluding diaryl/α,β-unsaturated/α-hetero) is 1. The Morgan fingerprint density at radius 1 is 1.15 bits per heavy atom. The van der Waals surface area contributed by atoms with Crippen LogP contribution in [-0.4, -0.2) is 47.7 Å². The van der Waals surface area contributed by atoms with Gasteiger partial charge in [0.05, 0.1) is 22.9 Å². The number of ketones is 1. The van der Waals surface area contributed by atoms with Crippen LogP contribution in [0, 0.1) is 17.2 Å². The lowest BCUT2D eigenvalue weighted by atomic mass is 9.60. The molecule has 0 bridgehead atoms. The highest BCUT2D eigenvalue weighted by Gasteiger charge is 2.53. The van der Waals surface area contributed by atoms with Crippen LogP contribution >= 0.6 is 11.9 Å². The lowest BCUT2D eigenvalue weighted by molar-refractivity contribution is -0.137. The molecule has 0 N–H and O–H groups in total. The summed E-state index contributed by atoms with van der Waals surface area (Å²) in [6, 6.07) is 9.64. The number of aromatic nitrogens is 5. The highest BCUT2D eigenvalue weighted by Crippen LogP contribution is 2.49. The first-order chi connectivity index (χ1) is 18.6. The number of rotatable bonds is 5. The van der Waals surface area contributed by atoms with Crippen molar-refractivity contribution in [2.45, 2.75) is 30.5 Å². The van der Waals surface area contributed by atoms with E-state index in [-0.39, 0.29) is 17.4 Å². The standard InChI is InChI=1S/C27H24F4N6OS/c1-35-10-8-24(34-35)39-36-11-7-18-13-23-17(15-33-37(23)21-4-2-20(28)3-5-21)14-26(18,16-36)25(38)22-12-19(6-9-32-22)27(29,30)31/h2-6,8-10,12,15,18H,7,11,13-14,16H2,1H3. The Morgan fingerprint density at radius 2 is 1.95 bits per heavy atom. The van der Waals surface area contributed by atoms with E-state index in [2.05, 4.69) is 19.5 Å². The van der Waals surface area contributed by atoms with Gasteiger partial charge < -0.3 is 0 Å². The highest BCUT2D eigenvalue weighted by molar-refractivity contribution is 7.97. The van der Waals surface area contributed by atoms with Gasteiger partial charge in [0, 0.05) is 38.2 Å². The van der Waals surface area contributed by atoms with Crippen LogP contribution in [0.2, 0.25) is 0 Å². The number of nitrogens with zero attached hydrogens (tertiary/aromatic N) is 6. The molecule has 1 aliphatic heterocycles. The predicted octanol–water partition coefficient (Wildman–Crippen LogP) is 5.16. The third kappa shape index (κ3) is 4.76. The molecule has 12 heteroatoms. The Kier molecular flexibility index (Phi) is 6.34. The van der Waals surface area contributed by atoms with Gasteiger partial charge in [0.15, 0.2) is 5.78 Å². The average molecular weight is 557 g/mol. The number of hydrogen-bond acceptors (Lipinski definition) is 6. The van der Waals surface area contributed by atoms with E-state index < -0.39 is 22.9 Å². The molecule has 3 aromatic heterocycles.